The fourth-order valence-corrected chi connectivity index (χ4v) is 1.98. The van der Waals surface area contributed by atoms with Crippen LogP contribution in [0, 0.1) is 0 Å². The van der Waals surface area contributed by atoms with Gasteiger partial charge in [0.2, 0.25) is 0 Å². The minimum atomic E-state index is -0.00630. The molecule has 1 fully saturated rings. The number of carbonyl (C=O) groups excluding carboxylic acids is 1. The molecule has 1 N–H and O–H groups in total. The van der Waals surface area contributed by atoms with Crippen molar-refractivity contribution in [3.63, 3.8) is 0 Å². The third kappa shape index (κ3) is 2.41. The number of hydrogen-bond acceptors (Lipinski definition) is 2. The standard InChI is InChI=1S/C10H13BrN2O2/c1-12-4-6-13(7-5-12)10(14)8-2-3-9(11)15-8/h2-3H,4-7H2,1H3/p+1. The highest BCUT2D eigenvalue weighted by Crippen LogP contribution is 2.15. The summed E-state index contributed by atoms with van der Waals surface area (Å²) in [4.78, 5) is 15.2. The van der Waals surface area contributed by atoms with Crippen molar-refractivity contribution in [3.05, 3.63) is 22.6 Å². The number of furan rings is 1. The monoisotopic (exact) mass is 273 g/mol. The molecule has 5 heteroatoms. The summed E-state index contributed by atoms with van der Waals surface area (Å²) in [5.41, 5.74) is 0. The largest absolute Gasteiger partial charge is 0.444 e. The van der Waals surface area contributed by atoms with Crippen LogP contribution in [0.3, 0.4) is 0 Å². The third-order valence-electron chi connectivity index (χ3n) is 2.69. The van der Waals surface area contributed by atoms with E-state index in [2.05, 4.69) is 23.0 Å². The highest BCUT2D eigenvalue weighted by atomic mass is 79.9. The first-order valence-electron chi connectivity index (χ1n) is 5.03. The van der Waals surface area contributed by atoms with E-state index in [0.717, 1.165) is 26.2 Å². The van der Waals surface area contributed by atoms with Gasteiger partial charge in [0.05, 0.1) is 33.2 Å². The predicted octanol–water partition coefficient (Wildman–Crippen LogP) is 0.0126. The van der Waals surface area contributed by atoms with Crippen LogP contribution in [0.2, 0.25) is 0 Å². The molecule has 0 bridgehead atoms. The molecule has 0 atom stereocenters. The molecule has 4 nitrogen and oxygen atoms in total. The van der Waals surface area contributed by atoms with Crippen LogP contribution >= 0.6 is 15.9 Å². The summed E-state index contributed by atoms with van der Waals surface area (Å²) in [7, 11) is 2.14. The van der Waals surface area contributed by atoms with Gasteiger partial charge in [0.25, 0.3) is 5.91 Å². The van der Waals surface area contributed by atoms with Crippen LogP contribution in [0.25, 0.3) is 0 Å². The first kappa shape index (κ1) is 10.7. The fraction of sp³-hybridized carbons (Fsp3) is 0.500. The topological polar surface area (TPSA) is 37.9 Å². The van der Waals surface area contributed by atoms with Crippen LogP contribution < -0.4 is 4.90 Å². The van der Waals surface area contributed by atoms with E-state index in [4.69, 9.17) is 4.42 Å². The number of amides is 1. The van der Waals surface area contributed by atoms with Gasteiger partial charge in [-0.15, -0.1) is 0 Å². The molecule has 0 saturated carbocycles. The van der Waals surface area contributed by atoms with Crippen LogP contribution in [0.1, 0.15) is 10.6 Å². The number of nitrogens with zero attached hydrogens (tertiary/aromatic N) is 1. The van der Waals surface area contributed by atoms with Gasteiger partial charge >= 0.3 is 0 Å². The Morgan fingerprint density at radius 1 is 1.47 bits per heavy atom. The van der Waals surface area contributed by atoms with Crippen molar-refractivity contribution in [1.29, 1.82) is 0 Å². The van der Waals surface area contributed by atoms with Crippen molar-refractivity contribution in [1.82, 2.24) is 4.90 Å². The van der Waals surface area contributed by atoms with Gasteiger partial charge in [-0.1, -0.05) is 0 Å². The number of carbonyl (C=O) groups is 1. The molecule has 1 saturated heterocycles. The van der Waals surface area contributed by atoms with Gasteiger partial charge < -0.3 is 14.2 Å². The van der Waals surface area contributed by atoms with Crippen LogP contribution in [0.15, 0.2) is 21.2 Å². The van der Waals surface area contributed by atoms with Crippen molar-refractivity contribution < 1.29 is 14.1 Å². The Balaban J connectivity index is 2.02. The van der Waals surface area contributed by atoms with Gasteiger partial charge in [-0.2, -0.15) is 0 Å². The smallest absolute Gasteiger partial charge is 0.290 e. The van der Waals surface area contributed by atoms with Gasteiger partial charge in [0.15, 0.2) is 10.4 Å². The van der Waals surface area contributed by atoms with Crippen molar-refractivity contribution >= 4 is 21.8 Å². The summed E-state index contributed by atoms with van der Waals surface area (Å²) in [6, 6.07) is 3.45. The second kappa shape index (κ2) is 4.37. The van der Waals surface area contributed by atoms with E-state index >= 15 is 0 Å². The Kier molecular flexibility index (Phi) is 3.11. The second-order valence-electron chi connectivity index (χ2n) is 3.85. The number of piperazine rings is 1. The minimum Gasteiger partial charge on any atom is -0.444 e. The summed E-state index contributed by atoms with van der Waals surface area (Å²) in [5.74, 6) is 0.412. The summed E-state index contributed by atoms with van der Waals surface area (Å²) in [6.07, 6.45) is 0. The molecule has 0 spiro atoms. The molecule has 82 valence electrons. The van der Waals surface area contributed by atoms with E-state index in [1.165, 1.54) is 4.90 Å². The summed E-state index contributed by atoms with van der Waals surface area (Å²) >= 11 is 3.19. The molecule has 15 heavy (non-hydrogen) atoms. The first-order chi connectivity index (χ1) is 7.16. The number of hydrogen-bond donors (Lipinski definition) is 1. The van der Waals surface area contributed by atoms with Crippen molar-refractivity contribution in [2.24, 2.45) is 0 Å². The van der Waals surface area contributed by atoms with Crippen LogP contribution in [-0.2, 0) is 0 Å². The molecule has 1 aliphatic rings. The number of halogens is 1. The zero-order chi connectivity index (χ0) is 10.8. The Labute approximate surface area is 97.0 Å². The second-order valence-corrected chi connectivity index (χ2v) is 4.63. The number of rotatable bonds is 1. The van der Waals surface area contributed by atoms with Crippen molar-refractivity contribution in [3.8, 4) is 0 Å². The Morgan fingerprint density at radius 2 is 2.13 bits per heavy atom. The maximum atomic E-state index is 11.9. The maximum Gasteiger partial charge on any atom is 0.290 e. The summed E-state index contributed by atoms with van der Waals surface area (Å²) in [6.45, 7) is 3.63. The van der Waals surface area contributed by atoms with Gasteiger partial charge in [-0.25, -0.2) is 0 Å². The van der Waals surface area contributed by atoms with Gasteiger partial charge in [0, 0.05) is 0 Å². The maximum absolute atomic E-state index is 11.9. The lowest BCUT2D eigenvalue weighted by Crippen LogP contribution is -3.12. The van der Waals surface area contributed by atoms with E-state index < -0.39 is 0 Å². The zero-order valence-corrected chi connectivity index (χ0v) is 10.2. The summed E-state index contributed by atoms with van der Waals surface area (Å²) in [5, 5.41) is 0. The Hall–Kier alpha value is -0.810. The van der Waals surface area contributed by atoms with E-state index in [1.807, 2.05) is 4.90 Å². The van der Waals surface area contributed by atoms with E-state index in [-0.39, 0.29) is 5.91 Å². The third-order valence-corrected chi connectivity index (χ3v) is 3.11. The van der Waals surface area contributed by atoms with Crippen LogP contribution in [0.5, 0.6) is 0 Å². The Bertz CT molecular complexity index is 356. The minimum absolute atomic E-state index is 0.00630. The highest BCUT2D eigenvalue weighted by molar-refractivity contribution is 9.10. The molecule has 0 aromatic carbocycles. The molecular weight excluding hydrogens is 260 g/mol. The molecule has 1 aromatic heterocycles. The van der Waals surface area contributed by atoms with Crippen LogP contribution in [0.4, 0.5) is 0 Å². The number of nitrogens with one attached hydrogen (secondary N) is 1. The quantitative estimate of drug-likeness (QED) is 0.783. The highest BCUT2D eigenvalue weighted by Gasteiger charge is 2.24. The number of likely N-dealkylation sites (N-methyl/N-ethyl adjacent to an activating group) is 1. The van der Waals surface area contributed by atoms with Crippen molar-refractivity contribution in [2.75, 3.05) is 33.2 Å². The molecule has 1 aliphatic heterocycles. The molecule has 2 rings (SSSR count). The summed E-state index contributed by atoms with van der Waals surface area (Å²) < 4.78 is 5.85. The molecular formula is C10H14BrN2O2+. The van der Waals surface area contributed by atoms with E-state index in [0.29, 0.717) is 10.4 Å². The predicted molar refractivity (Wildman–Crippen MR) is 58.9 cm³/mol. The SMILES string of the molecule is C[NH+]1CCN(C(=O)c2ccc(Br)o2)CC1. The lowest BCUT2D eigenvalue weighted by Gasteiger charge is -2.29. The lowest BCUT2D eigenvalue weighted by atomic mass is 10.3. The normalized spacial score (nSPS) is 18.1. The van der Waals surface area contributed by atoms with E-state index in [9.17, 15) is 4.79 Å². The van der Waals surface area contributed by atoms with Gasteiger partial charge in [-0.05, 0) is 28.1 Å². The zero-order valence-electron chi connectivity index (χ0n) is 8.62. The number of quaternary nitrogens is 1. The molecule has 0 aliphatic carbocycles. The molecule has 1 amide bonds. The van der Waals surface area contributed by atoms with Gasteiger partial charge in [-0.3, -0.25) is 4.79 Å². The van der Waals surface area contributed by atoms with E-state index in [1.54, 1.807) is 12.1 Å². The molecule has 1 aromatic rings. The van der Waals surface area contributed by atoms with Crippen LogP contribution in [-0.4, -0.2) is 44.0 Å². The average molecular weight is 274 g/mol. The molecule has 0 unspecified atom stereocenters. The fourth-order valence-electron chi connectivity index (χ4n) is 1.68. The Morgan fingerprint density at radius 3 is 2.67 bits per heavy atom. The lowest BCUT2D eigenvalue weighted by molar-refractivity contribution is -0.883. The van der Waals surface area contributed by atoms with Crippen molar-refractivity contribution in [2.45, 2.75) is 0 Å². The first-order valence-corrected chi connectivity index (χ1v) is 5.82. The average Bonchev–Trinajstić information content (AvgIpc) is 2.65. The molecule has 0 radical (unpaired) electrons. The van der Waals surface area contributed by atoms with Gasteiger partial charge in [0.1, 0.15) is 0 Å². The molecule has 2 heterocycles.